The van der Waals surface area contributed by atoms with Gasteiger partial charge in [0.15, 0.2) is 0 Å². The quantitative estimate of drug-likeness (QED) is 0.195. The monoisotopic (exact) mass is 619 g/mol. The molecule has 0 unspecified atom stereocenters. The lowest BCUT2D eigenvalue weighted by molar-refractivity contribution is -0.143. The highest BCUT2D eigenvalue weighted by molar-refractivity contribution is 5.75. The Morgan fingerprint density at radius 3 is 1.81 bits per heavy atom. The van der Waals surface area contributed by atoms with E-state index in [-0.39, 0.29) is 28.9 Å². The zero-order valence-corrected chi connectivity index (χ0v) is 22.6. The molecule has 230 valence electrons. The maximum absolute atomic E-state index is 13.8. The third kappa shape index (κ3) is 7.29. The molecule has 0 aliphatic carbocycles. The molecule has 4 aromatic rings. The minimum atomic E-state index is -5.11. The number of benzene rings is 3. The van der Waals surface area contributed by atoms with E-state index in [1.807, 2.05) is 0 Å². The van der Waals surface area contributed by atoms with Crippen LogP contribution in [0, 0.1) is 0 Å². The first-order valence-electron chi connectivity index (χ1n) is 12.2. The second kappa shape index (κ2) is 11.6. The second-order valence-corrected chi connectivity index (χ2v) is 9.28. The van der Waals surface area contributed by atoms with E-state index < -0.39 is 53.9 Å². The molecule has 3 aromatic carbocycles. The van der Waals surface area contributed by atoms with Crippen molar-refractivity contribution >= 4 is 5.95 Å². The number of tetrazole rings is 1. The van der Waals surface area contributed by atoms with Crippen LogP contribution in [0.15, 0.2) is 54.6 Å². The number of rotatable bonds is 8. The number of ether oxygens (including phenoxy) is 2. The SMILES string of the molecule is COc1ccc(-c2ccc(C(F)(F)F)cc2CN(Cc2cc(C(F)(F)F)cc(C(F)(F)F)c2)c2nnn(C)n2)c(OC)c1. The summed E-state index contributed by atoms with van der Waals surface area (Å²) < 4.78 is 133. The molecule has 16 heteroatoms. The van der Waals surface area contributed by atoms with Gasteiger partial charge in [-0.25, -0.2) is 0 Å². The van der Waals surface area contributed by atoms with E-state index in [0.717, 1.165) is 21.8 Å². The van der Waals surface area contributed by atoms with Gasteiger partial charge in [-0.05, 0) is 64.4 Å². The van der Waals surface area contributed by atoms with Gasteiger partial charge in [-0.15, -0.1) is 5.10 Å². The first-order chi connectivity index (χ1) is 20.0. The Hall–Kier alpha value is -4.50. The summed E-state index contributed by atoms with van der Waals surface area (Å²) in [6, 6.07) is 8.48. The van der Waals surface area contributed by atoms with Crippen molar-refractivity contribution in [2.24, 2.45) is 7.05 Å². The standard InChI is InChI=1S/C27H22F9N5O2/c1-40-38-24(37-39-40)41(13-15-8-18(26(31,32)33)11-19(9-15)27(34,35)36)14-16-10-17(25(28,29)30)4-6-21(16)22-7-5-20(42-2)12-23(22)43-3/h4-12H,13-14H2,1-3H3. The number of aromatic nitrogens is 4. The summed E-state index contributed by atoms with van der Waals surface area (Å²) in [5.74, 6) is 0.375. The van der Waals surface area contributed by atoms with Crippen molar-refractivity contribution in [3.05, 3.63) is 82.4 Å². The third-order valence-corrected chi connectivity index (χ3v) is 6.29. The molecule has 0 spiro atoms. The van der Waals surface area contributed by atoms with Crippen LogP contribution in [0.25, 0.3) is 11.1 Å². The van der Waals surface area contributed by atoms with Gasteiger partial charge in [-0.3, -0.25) is 0 Å². The normalized spacial score (nSPS) is 12.4. The number of anilines is 1. The van der Waals surface area contributed by atoms with Crippen LogP contribution in [0.3, 0.4) is 0 Å². The lowest BCUT2D eigenvalue weighted by atomic mass is 9.95. The Morgan fingerprint density at radius 1 is 0.698 bits per heavy atom. The average Bonchev–Trinajstić information content (AvgIpc) is 3.37. The minimum absolute atomic E-state index is 0.00577. The zero-order valence-electron chi connectivity index (χ0n) is 22.6. The fourth-order valence-electron chi connectivity index (χ4n) is 4.32. The maximum atomic E-state index is 13.8. The van der Waals surface area contributed by atoms with Crippen LogP contribution < -0.4 is 14.4 Å². The molecule has 43 heavy (non-hydrogen) atoms. The summed E-state index contributed by atoms with van der Waals surface area (Å²) in [5.41, 5.74) is -4.00. The lowest BCUT2D eigenvalue weighted by Crippen LogP contribution is -2.25. The molecule has 0 radical (unpaired) electrons. The van der Waals surface area contributed by atoms with E-state index >= 15 is 0 Å². The van der Waals surface area contributed by atoms with Crippen molar-refractivity contribution in [2.75, 3.05) is 19.1 Å². The van der Waals surface area contributed by atoms with Gasteiger partial charge in [0.2, 0.25) is 0 Å². The van der Waals surface area contributed by atoms with E-state index in [1.54, 1.807) is 6.07 Å². The van der Waals surface area contributed by atoms with Gasteiger partial charge in [0.1, 0.15) is 11.5 Å². The molecule has 0 fully saturated rings. The summed E-state index contributed by atoms with van der Waals surface area (Å²) in [6.07, 6.45) is -15.0. The molecule has 0 atom stereocenters. The molecule has 0 aliphatic heterocycles. The highest BCUT2D eigenvalue weighted by atomic mass is 19.4. The largest absolute Gasteiger partial charge is 0.497 e. The van der Waals surface area contributed by atoms with Crippen molar-refractivity contribution in [1.29, 1.82) is 0 Å². The summed E-state index contributed by atoms with van der Waals surface area (Å²) in [5, 5.41) is 11.4. The third-order valence-electron chi connectivity index (χ3n) is 6.29. The van der Waals surface area contributed by atoms with Crippen LogP contribution in [0.5, 0.6) is 11.5 Å². The maximum Gasteiger partial charge on any atom is 0.416 e. The number of hydrogen-bond acceptors (Lipinski definition) is 6. The van der Waals surface area contributed by atoms with Crippen LogP contribution >= 0.6 is 0 Å². The van der Waals surface area contributed by atoms with Gasteiger partial charge in [-0.2, -0.15) is 44.3 Å². The molecule has 7 nitrogen and oxygen atoms in total. The summed E-state index contributed by atoms with van der Waals surface area (Å²) in [7, 11) is 4.10. The topological polar surface area (TPSA) is 65.3 Å². The molecule has 0 amide bonds. The summed E-state index contributed by atoms with van der Waals surface area (Å²) >= 11 is 0. The Balaban J connectivity index is 1.88. The van der Waals surface area contributed by atoms with Crippen molar-refractivity contribution in [2.45, 2.75) is 31.6 Å². The molecule has 1 aromatic heterocycles. The smallest absolute Gasteiger partial charge is 0.416 e. The predicted octanol–water partition coefficient (Wildman–Crippen LogP) is 7.16. The average molecular weight is 619 g/mol. The van der Waals surface area contributed by atoms with Gasteiger partial charge < -0.3 is 14.4 Å². The lowest BCUT2D eigenvalue weighted by Gasteiger charge is -2.25. The fraction of sp³-hybridized carbons (Fsp3) is 0.296. The Kier molecular flexibility index (Phi) is 8.51. The molecule has 4 rings (SSSR count). The summed E-state index contributed by atoms with van der Waals surface area (Å²) in [4.78, 5) is 2.10. The van der Waals surface area contributed by atoms with E-state index in [0.29, 0.717) is 23.4 Å². The van der Waals surface area contributed by atoms with E-state index in [9.17, 15) is 39.5 Å². The summed E-state index contributed by atoms with van der Waals surface area (Å²) in [6.45, 7) is -1.12. The van der Waals surface area contributed by atoms with Crippen LogP contribution in [0.1, 0.15) is 27.8 Å². The number of aryl methyl sites for hydroxylation is 1. The molecule has 0 saturated heterocycles. The number of halogens is 9. The molecular weight excluding hydrogens is 597 g/mol. The van der Waals surface area contributed by atoms with Crippen molar-refractivity contribution in [3.63, 3.8) is 0 Å². The number of hydrogen-bond donors (Lipinski definition) is 0. The molecule has 1 heterocycles. The van der Waals surface area contributed by atoms with Crippen molar-refractivity contribution in [1.82, 2.24) is 20.2 Å². The Labute approximate surface area is 238 Å². The first kappa shape index (κ1) is 31.4. The Morgan fingerprint density at radius 2 is 1.30 bits per heavy atom. The van der Waals surface area contributed by atoms with Crippen molar-refractivity contribution < 1.29 is 49.0 Å². The van der Waals surface area contributed by atoms with E-state index in [1.165, 1.54) is 39.5 Å². The number of methoxy groups -OCH3 is 2. The first-order valence-corrected chi connectivity index (χ1v) is 12.2. The second-order valence-electron chi connectivity index (χ2n) is 9.28. The van der Waals surface area contributed by atoms with Gasteiger partial charge in [-0.1, -0.05) is 11.2 Å². The van der Waals surface area contributed by atoms with E-state index in [2.05, 4.69) is 15.4 Å². The van der Waals surface area contributed by atoms with E-state index in [4.69, 9.17) is 9.47 Å². The van der Waals surface area contributed by atoms with Crippen LogP contribution in [0.2, 0.25) is 0 Å². The number of alkyl halides is 9. The molecule has 0 aliphatic rings. The zero-order chi connectivity index (χ0) is 31.7. The van der Waals surface area contributed by atoms with Gasteiger partial charge in [0.05, 0.1) is 38.0 Å². The highest BCUT2D eigenvalue weighted by Gasteiger charge is 2.37. The highest BCUT2D eigenvalue weighted by Crippen LogP contribution is 2.40. The molecule has 0 bridgehead atoms. The predicted molar refractivity (Wildman–Crippen MR) is 135 cm³/mol. The van der Waals surface area contributed by atoms with Crippen LogP contribution in [-0.2, 0) is 38.7 Å². The van der Waals surface area contributed by atoms with Crippen molar-refractivity contribution in [3.8, 4) is 22.6 Å². The minimum Gasteiger partial charge on any atom is -0.497 e. The fourth-order valence-corrected chi connectivity index (χ4v) is 4.32. The molecule has 0 N–H and O–H groups in total. The van der Waals surface area contributed by atoms with Gasteiger partial charge in [0.25, 0.3) is 5.95 Å². The van der Waals surface area contributed by atoms with Gasteiger partial charge >= 0.3 is 18.5 Å². The van der Waals surface area contributed by atoms with Gasteiger partial charge in [0, 0.05) is 24.7 Å². The Bertz CT molecular complexity index is 1560. The molecular formula is C27H22F9N5O2. The van der Waals surface area contributed by atoms with Crippen LogP contribution in [-0.4, -0.2) is 34.4 Å². The number of nitrogens with zero attached hydrogens (tertiary/aromatic N) is 5. The van der Waals surface area contributed by atoms with Crippen LogP contribution in [0.4, 0.5) is 45.5 Å². The molecule has 0 saturated carbocycles.